The lowest BCUT2D eigenvalue weighted by Gasteiger charge is -2.34. The van der Waals surface area contributed by atoms with Gasteiger partial charge in [-0.3, -0.25) is 0 Å². The Bertz CT molecular complexity index is 622. The summed E-state index contributed by atoms with van der Waals surface area (Å²) in [6.45, 7) is 3.60. The fourth-order valence-corrected chi connectivity index (χ4v) is 3.20. The number of piperazine rings is 1. The van der Waals surface area contributed by atoms with Crippen LogP contribution in [0.1, 0.15) is 5.56 Å². The number of nitrogens with zero attached hydrogens (tertiary/aromatic N) is 3. The Labute approximate surface area is 139 Å². The standard InChI is InChI=1S/C16H20N4O2S/c1-22-14-4-2-13(3-5-14)12-18-15(21)19-7-9-20(10-8-19)16-17-6-11-23-16/h2-6,11H,7-10,12H2,1H3,(H,18,21). The van der Waals surface area contributed by atoms with Crippen molar-refractivity contribution in [2.45, 2.75) is 6.54 Å². The molecule has 0 saturated carbocycles. The van der Waals surface area contributed by atoms with Crippen molar-refractivity contribution >= 4 is 22.5 Å². The van der Waals surface area contributed by atoms with Crippen molar-refractivity contribution in [1.82, 2.24) is 15.2 Å². The van der Waals surface area contributed by atoms with Gasteiger partial charge in [0.05, 0.1) is 7.11 Å². The normalized spacial score (nSPS) is 14.7. The molecule has 1 N–H and O–H groups in total. The summed E-state index contributed by atoms with van der Waals surface area (Å²) in [6.07, 6.45) is 1.81. The molecule has 3 rings (SSSR count). The summed E-state index contributed by atoms with van der Waals surface area (Å²) in [6, 6.07) is 7.70. The minimum absolute atomic E-state index is 0.0143. The fraction of sp³-hybridized carbons (Fsp3) is 0.375. The Morgan fingerprint density at radius 3 is 2.61 bits per heavy atom. The molecule has 0 bridgehead atoms. The first-order valence-electron chi connectivity index (χ1n) is 7.56. The number of carbonyl (C=O) groups is 1. The smallest absolute Gasteiger partial charge is 0.317 e. The molecular formula is C16H20N4O2S. The SMILES string of the molecule is COc1ccc(CNC(=O)N2CCN(c3nccs3)CC2)cc1. The van der Waals surface area contributed by atoms with E-state index in [1.54, 1.807) is 18.4 Å². The topological polar surface area (TPSA) is 57.7 Å². The zero-order valence-electron chi connectivity index (χ0n) is 13.1. The first-order chi connectivity index (χ1) is 11.3. The molecule has 1 aliphatic rings. The van der Waals surface area contributed by atoms with Crippen LogP contribution in [0.3, 0.4) is 0 Å². The molecule has 1 aromatic heterocycles. The number of thiazole rings is 1. The van der Waals surface area contributed by atoms with Crippen LogP contribution < -0.4 is 15.0 Å². The average molecular weight is 332 g/mol. The van der Waals surface area contributed by atoms with Gasteiger partial charge in [-0.05, 0) is 17.7 Å². The first-order valence-corrected chi connectivity index (χ1v) is 8.44. The van der Waals surface area contributed by atoms with Gasteiger partial charge in [0.2, 0.25) is 0 Å². The number of aromatic nitrogens is 1. The first kappa shape index (κ1) is 15.6. The highest BCUT2D eigenvalue weighted by Gasteiger charge is 2.21. The molecule has 23 heavy (non-hydrogen) atoms. The van der Waals surface area contributed by atoms with E-state index in [9.17, 15) is 4.79 Å². The monoisotopic (exact) mass is 332 g/mol. The second-order valence-electron chi connectivity index (χ2n) is 5.30. The lowest BCUT2D eigenvalue weighted by Crippen LogP contribution is -2.51. The predicted octanol–water partition coefficient (Wildman–Crippen LogP) is 2.18. The minimum Gasteiger partial charge on any atom is -0.497 e. The van der Waals surface area contributed by atoms with Crippen LogP contribution >= 0.6 is 11.3 Å². The summed E-state index contributed by atoms with van der Waals surface area (Å²) in [5.74, 6) is 0.818. The molecule has 2 aromatic rings. The third-order valence-corrected chi connectivity index (χ3v) is 4.69. The van der Waals surface area contributed by atoms with E-state index in [4.69, 9.17) is 4.74 Å². The van der Waals surface area contributed by atoms with Crippen molar-refractivity contribution < 1.29 is 9.53 Å². The molecule has 2 amide bonds. The zero-order chi connectivity index (χ0) is 16.1. The van der Waals surface area contributed by atoms with E-state index in [-0.39, 0.29) is 6.03 Å². The molecule has 0 aliphatic carbocycles. The maximum Gasteiger partial charge on any atom is 0.317 e. The fourth-order valence-electron chi connectivity index (χ4n) is 2.51. The third-order valence-electron chi connectivity index (χ3n) is 3.86. The van der Waals surface area contributed by atoms with Crippen LogP contribution in [-0.2, 0) is 6.54 Å². The van der Waals surface area contributed by atoms with E-state index in [0.29, 0.717) is 19.6 Å². The number of urea groups is 1. The summed E-state index contributed by atoms with van der Waals surface area (Å²) in [4.78, 5) is 20.6. The van der Waals surface area contributed by atoms with Gasteiger partial charge in [0.1, 0.15) is 5.75 Å². The van der Waals surface area contributed by atoms with E-state index in [1.807, 2.05) is 40.7 Å². The summed E-state index contributed by atoms with van der Waals surface area (Å²) < 4.78 is 5.13. The minimum atomic E-state index is -0.0143. The van der Waals surface area contributed by atoms with Gasteiger partial charge in [0.15, 0.2) is 5.13 Å². The Balaban J connectivity index is 1.45. The van der Waals surface area contributed by atoms with Crippen molar-refractivity contribution in [2.24, 2.45) is 0 Å². The molecule has 1 aliphatic heterocycles. The van der Waals surface area contributed by atoms with Crippen LogP contribution in [0.4, 0.5) is 9.93 Å². The molecule has 1 fully saturated rings. The third kappa shape index (κ3) is 3.92. The number of nitrogens with one attached hydrogen (secondary N) is 1. The molecule has 122 valence electrons. The molecule has 1 aromatic carbocycles. The van der Waals surface area contributed by atoms with E-state index >= 15 is 0 Å². The van der Waals surface area contributed by atoms with Crippen LogP contribution in [0.15, 0.2) is 35.8 Å². The Morgan fingerprint density at radius 2 is 2.00 bits per heavy atom. The van der Waals surface area contributed by atoms with E-state index in [0.717, 1.165) is 29.5 Å². The molecule has 2 heterocycles. The zero-order valence-corrected chi connectivity index (χ0v) is 13.9. The Kier molecular flexibility index (Phi) is 4.97. The number of amides is 2. The van der Waals surface area contributed by atoms with Gasteiger partial charge in [-0.25, -0.2) is 9.78 Å². The van der Waals surface area contributed by atoms with Gasteiger partial charge in [0.25, 0.3) is 0 Å². The number of carbonyl (C=O) groups excluding carboxylic acids is 1. The van der Waals surface area contributed by atoms with Crippen molar-refractivity contribution in [3.63, 3.8) is 0 Å². The number of hydrogen-bond donors (Lipinski definition) is 1. The van der Waals surface area contributed by atoms with Crippen molar-refractivity contribution in [3.05, 3.63) is 41.4 Å². The maximum atomic E-state index is 12.2. The van der Waals surface area contributed by atoms with E-state index in [1.165, 1.54) is 0 Å². The van der Waals surface area contributed by atoms with Gasteiger partial charge < -0.3 is 19.9 Å². The van der Waals surface area contributed by atoms with Crippen LogP contribution in [0.5, 0.6) is 5.75 Å². The summed E-state index contributed by atoms with van der Waals surface area (Å²) in [5.41, 5.74) is 1.06. The van der Waals surface area contributed by atoms with Gasteiger partial charge in [-0.15, -0.1) is 11.3 Å². The molecule has 0 radical (unpaired) electrons. The largest absolute Gasteiger partial charge is 0.497 e. The van der Waals surface area contributed by atoms with Crippen LogP contribution in [-0.4, -0.2) is 49.2 Å². The van der Waals surface area contributed by atoms with Crippen molar-refractivity contribution in [1.29, 1.82) is 0 Å². The van der Waals surface area contributed by atoms with Crippen LogP contribution in [0, 0.1) is 0 Å². The van der Waals surface area contributed by atoms with Gasteiger partial charge in [0, 0.05) is 44.3 Å². The van der Waals surface area contributed by atoms with Crippen molar-refractivity contribution in [2.75, 3.05) is 38.2 Å². The van der Waals surface area contributed by atoms with Gasteiger partial charge >= 0.3 is 6.03 Å². The van der Waals surface area contributed by atoms with Gasteiger partial charge in [-0.2, -0.15) is 0 Å². The quantitative estimate of drug-likeness (QED) is 0.932. The number of rotatable bonds is 4. The second kappa shape index (κ2) is 7.32. The van der Waals surface area contributed by atoms with Crippen molar-refractivity contribution in [3.8, 4) is 5.75 Å². The van der Waals surface area contributed by atoms with Crippen LogP contribution in [0.25, 0.3) is 0 Å². The number of methoxy groups -OCH3 is 1. The Morgan fingerprint density at radius 1 is 1.26 bits per heavy atom. The molecule has 0 spiro atoms. The van der Waals surface area contributed by atoms with E-state index in [2.05, 4.69) is 15.2 Å². The summed E-state index contributed by atoms with van der Waals surface area (Å²) in [7, 11) is 1.64. The predicted molar refractivity (Wildman–Crippen MR) is 91.1 cm³/mol. The lowest BCUT2D eigenvalue weighted by molar-refractivity contribution is 0.194. The highest BCUT2D eigenvalue weighted by molar-refractivity contribution is 7.13. The molecule has 7 heteroatoms. The number of hydrogen-bond acceptors (Lipinski definition) is 5. The number of benzene rings is 1. The molecule has 1 saturated heterocycles. The number of anilines is 1. The van der Waals surface area contributed by atoms with E-state index < -0.39 is 0 Å². The molecule has 0 unspecified atom stereocenters. The highest BCUT2D eigenvalue weighted by atomic mass is 32.1. The van der Waals surface area contributed by atoms with Crippen LogP contribution in [0.2, 0.25) is 0 Å². The average Bonchev–Trinajstić information content (AvgIpc) is 3.15. The molecule has 0 atom stereocenters. The van der Waals surface area contributed by atoms with Gasteiger partial charge in [-0.1, -0.05) is 12.1 Å². The molecule has 6 nitrogen and oxygen atoms in total. The Hall–Kier alpha value is -2.28. The summed E-state index contributed by atoms with van der Waals surface area (Å²) in [5, 5.41) is 5.98. The summed E-state index contributed by atoms with van der Waals surface area (Å²) >= 11 is 1.64. The second-order valence-corrected chi connectivity index (χ2v) is 6.17. The maximum absolute atomic E-state index is 12.2. The number of ether oxygens (including phenoxy) is 1. The lowest BCUT2D eigenvalue weighted by atomic mass is 10.2. The molecular weight excluding hydrogens is 312 g/mol. The highest BCUT2D eigenvalue weighted by Crippen LogP contribution is 2.19.